The highest BCUT2D eigenvalue weighted by Crippen LogP contribution is 2.35. The lowest BCUT2D eigenvalue weighted by atomic mass is 9.97. The predicted octanol–water partition coefficient (Wildman–Crippen LogP) is 0.749. The number of likely N-dealkylation sites (N-methyl/N-ethyl adjacent to an activating group) is 1. The molecule has 1 heterocycles. The third kappa shape index (κ3) is 3.32. The molecule has 8 heteroatoms. The lowest BCUT2D eigenvalue weighted by Crippen LogP contribution is -2.59. The van der Waals surface area contributed by atoms with E-state index in [1.807, 2.05) is 0 Å². The van der Waals surface area contributed by atoms with Gasteiger partial charge in [-0.05, 0) is 30.5 Å². The van der Waals surface area contributed by atoms with E-state index in [9.17, 15) is 13.2 Å². The zero-order valence-electron chi connectivity index (χ0n) is 14.2. The van der Waals surface area contributed by atoms with Gasteiger partial charge in [0.25, 0.3) is 0 Å². The molecule has 1 aromatic rings. The van der Waals surface area contributed by atoms with Crippen LogP contribution in [0.25, 0.3) is 0 Å². The molecule has 1 saturated heterocycles. The van der Waals surface area contributed by atoms with E-state index in [2.05, 4.69) is 5.32 Å². The molecule has 1 N–H and O–H groups in total. The molecule has 1 atom stereocenters. The Kier molecular flexibility index (Phi) is 5.97. The Morgan fingerprint density at radius 3 is 2.71 bits per heavy atom. The Morgan fingerprint density at radius 2 is 2.08 bits per heavy atom. The third-order valence-electron chi connectivity index (χ3n) is 4.26. The van der Waals surface area contributed by atoms with Crippen LogP contribution in [0.15, 0.2) is 29.2 Å². The third-order valence-corrected chi connectivity index (χ3v) is 6.22. The molecule has 0 radical (unpaired) electrons. The van der Waals surface area contributed by atoms with Crippen LogP contribution < -0.4 is 5.32 Å². The molecule has 1 unspecified atom stereocenters. The number of sulfonamides is 1. The number of carbonyl (C=O) groups is 1. The minimum Gasteiger partial charge on any atom is -0.382 e. The van der Waals surface area contributed by atoms with Gasteiger partial charge in [0.1, 0.15) is 5.54 Å². The Labute approximate surface area is 143 Å². The van der Waals surface area contributed by atoms with Crippen LogP contribution in [0, 0.1) is 0 Å². The zero-order valence-corrected chi connectivity index (χ0v) is 15.1. The summed E-state index contributed by atoms with van der Waals surface area (Å²) in [7, 11) is 0.692. The van der Waals surface area contributed by atoms with Gasteiger partial charge in [0, 0.05) is 27.8 Å². The van der Waals surface area contributed by atoms with Crippen molar-refractivity contribution in [1.82, 2.24) is 9.62 Å². The first-order valence-corrected chi connectivity index (χ1v) is 9.18. The molecule has 1 aliphatic rings. The van der Waals surface area contributed by atoms with Crippen LogP contribution in [0.4, 0.5) is 0 Å². The van der Waals surface area contributed by atoms with Crippen LogP contribution in [0.2, 0.25) is 0 Å². The maximum atomic E-state index is 13.2. The SMILES string of the molecule is CNC(=O)C1(COC)CCCN1S(=O)(=O)c1cccc(COC)c1. The van der Waals surface area contributed by atoms with Crippen LogP contribution in [0.5, 0.6) is 0 Å². The van der Waals surface area contributed by atoms with Crippen LogP contribution in [-0.2, 0) is 30.9 Å². The fourth-order valence-electron chi connectivity index (χ4n) is 3.20. The van der Waals surface area contributed by atoms with Gasteiger partial charge in [0.2, 0.25) is 15.9 Å². The number of ether oxygens (including phenoxy) is 2. The second kappa shape index (κ2) is 7.60. The number of carbonyl (C=O) groups excluding carboxylic acids is 1. The van der Waals surface area contributed by atoms with Crippen LogP contribution in [0.3, 0.4) is 0 Å². The van der Waals surface area contributed by atoms with E-state index in [1.54, 1.807) is 25.3 Å². The normalized spacial score (nSPS) is 21.8. The number of benzene rings is 1. The summed E-state index contributed by atoms with van der Waals surface area (Å²) in [5.74, 6) is -0.349. The number of nitrogens with zero attached hydrogens (tertiary/aromatic N) is 1. The average molecular weight is 356 g/mol. The number of rotatable bonds is 7. The van der Waals surface area contributed by atoms with Gasteiger partial charge >= 0.3 is 0 Å². The monoisotopic (exact) mass is 356 g/mol. The maximum absolute atomic E-state index is 13.2. The molecule has 1 amide bonds. The highest BCUT2D eigenvalue weighted by molar-refractivity contribution is 7.89. The quantitative estimate of drug-likeness (QED) is 0.779. The second-order valence-electron chi connectivity index (χ2n) is 5.80. The van der Waals surface area contributed by atoms with Gasteiger partial charge in [0.05, 0.1) is 18.1 Å². The van der Waals surface area contributed by atoms with E-state index in [0.717, 1.165) is 5.56 Å². The van der Waals surface area contributed by atoms with E-state index >= 15 is 0 Å². The molecular weight excluding hydrogens is 332 g/mol. The summed E-state index contributed by atoms with van der Waals surface area (Å²) >= 11 is 0. The molecule has 1 aliphatic heterocycles. The summed E-state index contributed by atoms with van der Waals surface area (Å²) in [5.41, 5.74) is -0.449. The molecule has 7 nitrogen and oxygen atoms in total. The van der Waals surface area contributed by atoms with Gasteiger partial charge < -0.3 is 14.8 Å². The molecule has 1 fully saturated rings. The Balaban J connectivity index is 2.46. The smallest absolute Gasteiger partial charge is 0.244 e. The van der Waals surface area contributed by atoms with E-state index < -0.39 is 15.6 Å². The average Bonchev–Trinajstić information content (AvgIpc) is 3.01. The summed E-state index contributed by atoms with van der Waals surface area (Å²) in [5, 5.41) is 2.57. The van der Waals surface area contributed by atoms with E-state index in [0.29, 0.717) is 19.4 Å². The summed E-state index contributed by atoms with van der Waals surface area (Å²) in [6.07, 6.45) is 1.03. The molecule has 0 aliphatic carbocycles. The van der Waals surface area contributed by atoms with E-state index in [4.69, 9.17) is 9.47 Å². The standard InChI is InChI=1S/C16H24N2O5S/c1-17-15(19)16(12-23-3)8-5-9-18(16)24(20,21)14-7-4-6-13(10-14)11-22-2/h4,6-7,10H,5,8-9,11-12H2,1-3H3,(H,17,19). The van der Waals surface area contributed by atoms with E-state index in [-0.39, 0.29) is 24.0 Å². The fraction of sp³-hybridized carbons (Fsp3) is 0.562. The van der Waals surface area contributed by atoms with Crippen molar-refractivity contribution in [1.29, 1.82) is 0 Å². The number of amides is 1. The predicted molar refractivity (Wildman–Crippen MR) is 89.0 cm³/mol. The lowest BCUT2D eigenvalue weighted by Gasteiger charge is -2.35. The van der Waals surface area contributed by atoms with Gasteiger partial charge in [-0.15, -0.1) is 0 Å². The molecule has 0 saturated carbocycles. The van der Waals surface area contributed by atoms with Crippen molar-refractivity contribution in [3.63, 3.8) is 0 Å². The largest absolute Gasteiger partial charge is 0.382 e. The minimum absolute atomic E-state index is 0.0175. The number of hydrogen-bond acceptors (Lipinski definition) is 5. The van der Waals surface area contributed by atoms with Crippen molar-refractivity contribution in [3.05, 3.63) is 29.8 Å². The topological polar surface area (TPSA) is 84.9 Å². The first kappa shape index (κ1) is 18.9. The molecule has 24 heavy (non-hydrogen) atoms. The zero-order chi connectivity index (χ0) is 17.8. The molecule has 1 aromatic carbocycles. The summed E-state index contributed by atoms with van der Waals surface area (Å²) in [6, 6.07) is 6.59. The molecular formula is C16H24N2O5S. The molecule has 0 spiro atoms. The number of nitrogens with one attached hydrogen (secondary N) is 1. The van der Waals surface area contributed by atoms with Gasteiger partial charge in [-0.25, -0.2) is 8.42 Å². The highest BCUT2D eigenvalue weighted by Gasteiger charge is 2.52. The summed E-state index contributed by atoms with van der Waals surface area (Å²) < 4.78 is 37.8. The number of hydrogen-bond donors (Lipinski definition) is 1. The molecule has 0 aromatic heterocycles. The van der Waals surface area contributed by atoms with Crippen molar-refractivity contribution < 1.29 is 22.7 Å². The van der Waals surface area contributed by atoms with E-state index in [1.165, 1.54) is 24.5 Å². The van der Waals surface area contributed by atoms with Crippen molar-refractivity contribution in [2.75, 3.05) is 34.4 Å². The van der Waals surface area contributed by atoms with Gasteiger partial charge in [-0.2, -0.15) is 4.31 Å². The Bertz CT molecular complexity index is 691. The Hall–Kier alpha value is -1.48. The molecule has 2 rings (SSSR count). The summed E-state index contributed by atoms with van der Waals surface area (Å²) in [4.78, 5) is 12.6. The fourth-order valence-corrected chi connectivity index (χ4v) is 5.06. The minimum atomic E-state index is -3.83. The Morgan fingerprint density at radius 1 is 1.33 bits per heavy atom. The van der Waals surface area contributed by atoms with Crippen LogP contribution in [-0.4, -0.2) is 58.6 Å². The summed E-state index contributed by atoms with van der Waals surface area (Å²) in [6.45, 7) is 0.624. The van der Waals surface area contributed by atoms with Crippen LogP contribution in [0.1, 0.15) is 18.4 Å². The molecule has 0 bridgehead atoms. The van der Waals surface area contributed by atoms with Crippen molar-refractivity contribution in [2.45, 2.75) is 29.9 Å². The van der Waals surface area contributed by atoms with Crippen LogP contribution >= 0.6 is 0 Å². The van der Waals surface area contributed by atoms with Crippen molar-refractivity contribution >= 4 is 15.9 Å². The van der Waals surface area contributed by atoms with Gasteiger partial charge in [-0.3, -0.25) is 4.79 Å². The number of methoxy groups -OCH3 is 2. The molecule has 134 valence electrons. The first-order chi connectivity index (χ1) is 11.4. The van der Waals surface area contributed by atoms with Gasteiger partial charge in [-0.1, -0.05) is 12.1 Å². The van der Waals surface area contributed by atoms with Crippen molar-refractivity contribution in [3.8, 4) is 0 Å². The van der Waals surface area contributed by atoms with Crippen molar-refractivity contribution in [2.24, 2.45) is 0 Å². The maximum Gasteiger partial charge on any atom is 0.244 e. The highest BCUT2D eigenvalue weighted by atomic mass is 32.2. The first-order valence-electron chi connectivity index (χ1n) is 7.74. The second-order valence-corrected chi connectivity index (χ2v) is 7.67. The lowest BCUT2D eigenvalue weighted by molar-refractivity contribution is -0.131. The van der Waals surface area contributed by atoms with Gasteiger partial charge in [0.15, 0.2) is 0 Å².